The maximum Gasteiger partial charge on any atom is 0.173 e. The van der Waals surface area contributed by atoms with E-state index in [0.29, 0.717) is 17.3 Å². The van der Waals surface area contributed by atoms with E-state index in [1.807, 2.05) is 38.1 Å². The van der Waals surface area contributed by atoms with Gasteiger partial charge in [-0.1, -0.05) is 0 Å². The first-order valence-electron chi connectivity index (χ1n) is 7.95. The summed E-state index contributed by atoms with van der Waals surface area (Å²) in [4.78, 5) is 8.08. The number of benzene rings is 1. The van der Waals surface area contributed by atoms with Crippen molar-refractivity contribution in [3.8, 4) is 0 Å². The second kappa shape index (κ2) is 8.82. The molecule has 134 valence electrons. The lowest BCUT2D eigenvalue weighted by molar-refractivity contribution is 0.289. The first-order valence-corrected chi connectivity index (χ1v) is 8.36. The van der Waals surface area contributed by atoms with E-state index in [1.165, 1.54) is 12.1 Å². The lowest BCUT2D eigenvalue weighted by atomic mass is 10.1. The Labute approximate surface area is 152 Å². The van der Waals surface area contributed by atoms with Crippen LogP contribution in [-0.4, -0.2) is 47.1 Å². The van der Waals surface area contributed by atoms with Crippen molar-refractivity contribution in [3.05, 3.63) is 59.9 Å². The van der Waals surface area contributed by atoms with Crippen LogP contribution in [0.15, 0.2) is 42.7 Å². The molecule has 0 saturated carbocycles. The second-order valence-corrected chi connectivity index (χ2v) is 6.43. The molecular weight excluding hydrogens is 342 g/mol. The largest absolute Gasteiger partial charge is 0.341 e. The predicted molar refractivity (Wildman–Crippen MR) is 100 cm³/mol. The fourth-order valence-corrected chi connectivity index (χ4v) is 2.79. The third-order valence-corrected chi connectivity index (χ3v) is 4.16. The van der Waals surface area contributed by atoms with Gasteiger partial charge in [0, 0.05) is 37.2 Å². The minimum Gasteiger partial charge on any atom is -0.341 e. The average molecular weight is 364 g/mol. The first-order chi connectivity index (χ1) is 11.9. The molecule has 7 heteroatoms. The molecule has 0 radical (unpaired) electrons. The quantitative estimate of drug-likeness (QED) is 0.791. The molecule has 0 fully saturated rings. The van der Waals surface area contributed by atoms with E-state index in [2.05, 4.69) is 15.2 Å². The molecule has 0 spiro atoms. The number of anilines is 1. The van der Waals surface area contributed by atoms with Crippen LogP contribution in [0.1, 0.15) is 18.5 Å². The highest BCUT2D eigenvalue weighted by atomic mass is 32.1. The number of rotatable bonds is 6. The number of nitrogens with zero attached hydrogens (tertiary/aromatic N) is 3. The van der Waals surface area contributed by atoms with Gasteiger partial charge in [-0.3, -0.25) is 4.98 Å². The van der Waals surface area contributed by atoms with Crippen LogP contribution in [0, 0.1) is 11.6 Å². The minimum atomic E-state index is -0.646. The molecule has 2 aromatic rings. The molecule has 0 aliphatic heterocycles. The standard InChI is InChI=1S/C18H22F2N4S/c1-13(14-4-6-21-7-5-14)24(9-8-23(2)3)18(25)22-17-11-15(19)10-16(20)12-17/h4-7,10-13H,8-9H2,1-3H3,(H,22,25)/t13-/m1/s1. The smallest absolute Gasteiger partial charge is 0.173 e. The van der Waals surface area contributed by atoms with Crippen LogP contribution in [0.4, 0.5) is 14.5 Å². The SMILES string of the molecule is C[C@H](c1ccncc1)N(CCN(C)C)C(=S)Nc1cc(F)cc(F)c1. The van der Waals surface area contributed by atoms with E-state index in [1.54, 1.807) is 12.4 Å². The van der Waals surface area contributed by atoms with Gasteiger partial charge in [0.25, 0.3) is 0 Å². The van der Waals surface area contributed by atoms with Crippen LogP contribution in [0.3, 0.4) is 0 Å². The van der Waals surface area contributed by atoms with Crippen LogP contribution < -0.4 is 5.32 Å². The third-order valence-electron chi connectivity index (χ3n) is 3.82. The fraction of sp³-hybridized carbons (Fsp3) is 0.333. The van der Waals surface area contributed by atoms with E-state index in [0.717, 1.165) is 18.2 Å². The van der Waals surface area contributed by atoms with Gasteiger partial charge in [0.05, 0.1) is 6.04 Å². The highest BCUT2D eigenvalue weighted by Gasteiger charge is 2.19. The number of likely N-dealkylation sites (N-methyl/N-ethyl adjacent to an activating group) is 1. The number of hydrogen-bond acceptors (Lipinski definition) is 3. The van der Waals surface area contributed by atoms with Gasteiger partial charge in [0.1, 0.15) is 11.6 Å². The zero-order valence-electron chi connectivity index (χ0n) is 14.5. The second-order valence-electron chi connectivity index (χ2n) is 6.04. The molecule has 0 aliphatic carbocycles. The van der Waals surface area contributed by atoms with Crippen molar-refractivity contribution in [3.63, 3.8) is 0 Å². The van der Waals surface area contributed by atoms with E-state index in [4.69, 9.17) is 12.2 Å². The van der Waals surface area contributed by atoms with Crippen molar-refractivity contribution in [2.45, 2.75) is 13.0 Å². The number of hydrogen-bond donors (Lipinski definition) is 1. The Morgan fingerprint density at radius 2 is 1.72 bits per heavy atom. The van der Waals surface area contributed by atoms with Gasteiger partial charge in [-0.25, -0.2) is 8.78 Å². The Hall–Kier alpha value is -2.12. The van der Waals surface area contributed by atoms with E-state index in [9.17, 15) is 8.78 Å². The maximum atomic E-state index is 13.4. The average Bonchev–Trinajstić information content (AvgIpc) is 2.54. The summed E-state index contributed by atoms with van der Waals surface area (Å²) in [5, 5.41) is 3.35. The topological polar surface area (TPSA) is 31.4 Å². The summed E-state index contributed by atoms with van der Waals surface area (Å²) in [6.45, 7) is 3.49. The summed E-state index contributed by atoms with van der Waals surface area (Å²) < 4.78 is 26.8. The lowest BCUT2D eigenvalue weighted by Gasteiger charge is -2.33. The molecule has 0 amide bonds. The van der Waals surface area contributed by atoms with E-state index in [-0.39, 0.29) is 6.04 Å². The van der Waals surface area contributed by atoms with Gasteiger partial charge in [-0.2, -0.15) is 0 Å². The molecule has 4 nitrogen and oxygen atoms in total. The number of nitrogens with one attached hydrogen (secondary N) is 1. The minimum absolute atomic E-state index is 0.0126. The van der Waals surface area contributed by atoms with Crippen LogP contribution in [0.5, 0.6) is 0 Å². The molecule has 0 unspecified atom stereocenters. The van der Waals surface area contributed by atoms with Crippen molar-refractivity contribution < 1.29 is 8.78 Å². The van der Waals surface area contributed by atoms with Gasteiger partial charge in [-0.05, 0) is 63.1 Å². The number of aromatic nitrogens is 1. The number of pyridine rings is 1. The van der Waals surface area contributed by atoms with Crippen molar-refractivity contribution in [1.29, 1.82) is 0 Å². The summed E-state index contributed by atoms with van der Waals surface area (Å²) in [5.41, 5.74) is 1.35. The third kappa shape index (κ3) is 5.72. The van der Waals surface area contributed by atoms with Gasteiger partial charge < -0.3 is 15.1 Å². The monoisotopic (exact) mass is 364 g/mol. The van der Waals surface area contributed by atoms with Crippen LogP contribution in [-0.2, 0) is 0 Å². The lowest BCUT2D eigenvalue weighted by Crippen LogP contribution is -2.41. The predicted octanol–water partition coefficient (Wildman–Crippen LogP) is 3.68. The van der Waals surface area contributed by atoms with Gasteiger partial charge in [-0.15, -0.1) is 0 Å². The molecule has 1 aromatic carbocycles. The van der Waals surface area contributed by atoms with Crippen LogP contribution in [0.2, 0.25) is 0 Å². The first kappa shape index (κ1) is 19.2. The van der Waals surface area contributed by atoms with Crippen molar-refractivity contribution >= 4 is 23.0 Å². The highest BCUT2D eigenvalue weighted by Crippen LogP contribution is 2.21. The van der Waals surface area contributed by atoms with Crippen LogP contribution >= 0.6 is 12.2 Å². The fourth-order valence-electron chi connectivity index (χ4n) is 2.42. The van der Waals surface area contributed by atoms with Gasteiger partial charge >= 0.3 is 0 Å². The summed E-state index contributed by atoms with van der Waals surface area (Å²) in [7, 11) is 3.96. The van der Waals surface area contributed by atoms with Gasteiger partial charge in [0.2, 0.25) is 0 Å². The van der Waals surface area contributed by atoms with Gasteiger partial charge in [0.15, 0.2) is 5.11 Å². The highest BCUT2D eigenvalue weighted by molar-refractivity contribution is 7.80. The molecule has 1 N–H and O–H groups in total. The van der Waals surface area contributed by atoms with E-state index < -0.39 is 11.6 Å². The Morgan fingerprint density at radius 3 is 2.28 bits per heavy atom. The van der Waals surface area contributed by atoms with E-state index >= 15 is 0 Å². The molecule has 1 aromatic heterocycles. The Balaban J connectivity index is 2.19. The summed E-state index contributed by atoms with van der Waals surface area (Å²) in [6, 6.07) is 7.11. The summed E-state index contributed by atoms with van der Waals surface area (Å²) in [5.74, 6) is -1.29. The maximum absolute atomic E-state index is 13.4. The summed E-state index contributed by atoms with van der Waals surface area (Å²) >= 11 is 5.51. The molecule has 2 rings (SSSR count). The molecule has 1 atom stereocenters. The van der Waals surface area contributed by atoms with Crippen molar-refractivity contribution in [2.24, 2.45) is 0 Å². The molecule has 0 saturated heterocycles. The summed E-state index contributed by atoms with van der Waals surface area (Å²) in [6.07, 6.45) is 3.46. The zero-order chi connectivity index (χ0) is 18.4. The Bertz CT molecular complexity index is 689. The van der Waals surface area contributed by atoms with Crippen molar-refractivity contribution in [1.82, 2.24) is 14.8 Å². The van der Waals surface area contributed by atoms with Crippen LogP contribution in [0.25, 0.3) is 0 Å². The number of thiocarbonyl (C=S) groups is 1. The molecule has 25 heavy (non-hydrogen) atoms. The molecule has 0 aliphatic rings. The normalized spacial score (nSPS) is 12.1. The van der Waals surface area contributed by atoms with Crippen molar-refractivity contribution in [2.75, 3.05) is 32.5 Å². The Morgan fingerprint density at radius 1 is 1.12 bits per heavy atom. The molecular formula is C18H22F2N4S. The molecule has 1 heterocycles. The zero-order valence-corrected chi connectivity index (χ0v) is 15.4. The Kier molecular flexibility index (Phi) is 6.78. The number of halogens is 2. The molecule has 0 bridgehead atoms.